The number of hydrogen-bond donors (Lipinski definition) is 4. The average molecular weight is 321 g/mol. The van der Waals surface area contributed by atoms with E-state index in [0.717, 1.165) is 18.2 Å². The topological polar surface area (TPSA) is 88.9 Å². The Morgan fingerprint density at radius 3 is 2.55 bits per heavy atom. The molecule has 1 unspecified atom stereocenters. The van der Waals surface area contributed by atoms with Gasteiger partial charge in [-0.25, -0.2) is 9.60 Å². The third-order valence-electron chi connectivity index (χ3n) is 2.72. The largest absolute Gasteiger partial charge is 0.595 e. The first kappa shape index (κ1) is 16.0. The Labute approximate surface area is 130 Å². The molecule has 1 amide bonds. The van der Waals surface area contributed by atoms with Crippen molar-refractivity contribution in [3.63, 3.8) is 0 Å². The number of hydrogen-bond acceptors (Lipinski definition) is 4. The third-order valence-corrected chi connectivity index (χ3v) is 2.93. The molecule has 114 valence electrons. The first-order chi connectivity index (χ1) is 10.5. The molecule has 0 radical (unpaired) electrons. The van der Waals surface area contributed by atoms with Crippen LogP contribution in [0.3, 0.4) is 0 Å². The maximum absolute atomic E-state index is 13.6. The Bertz CT molecular complexity index is 695. The summed E-state index contributed by atoms with van der Waals surface area (Å²) in [7, 11) is 0. The number of halogens is 1. The summed E-state index contributed by atoms with van der Waals surface area (Å²) in [5.74, 6) is -1.13. The Hall–Kier alpha value is -2.39. The lowest BCUT2D eigenvalue weighted by Gasteiger charge is -2.14. The SMILES string of the molecule is O=C(NC(=S)Nc1cc([NH+]([O-])O)ccc1F)c1ccccc1. The average Bonchev–Trinajstić information content (AvgIpc) is 2.50. The van der Waals surface area contributed by atoms with Gasteiger partial charge in [-0.05, 0) is 30.4 Å². The van der Waals surface area contributed by atoms with Crippen LogP contribution in [0.5, 0.6) is 0 Å². The molecular formula is C14H12FN3O3S. The minimum Gasteiger partial charge on any atom is -0.595 e. The van der Waals surface area contributed by atoms with Gasteiger partial charge in [-0.1, -0.05) is 18.2 Å². The Balaban J connectivity index is 2.06. The van der Waals surface area contributed by atoms with Gasteiger partial charge in [0.1, 0.15) is 5.82 Å². The molecule has 0 aromatic heterocycles. The molecule has 0 fully saturated rings. The fraction of sp³-hybridized carbons (Fsp3) is 0. The zero-order chi connectivity index (χ0) is 16.1. The summed E-state index contributed by atoms with van der Waals surface area (Å²) >= 11 is 4.92. The lowest BCUT2D eigenvalue weighted by Crippen LogP contribution is -2.99. The molecule has 0 aliphatic rings. The zero-order valence-corrected chi connectivity index (χ0v) is 12.0. The van der Waals surface area contributed by atoms with Gasteiger partial charge < -0.3 is 10.5 Å². The number of nitrogens with one attached hydrogen (secondary N) is 3. The van der Waals surface area contributed by atoms with E-state index < -0.39 is 17.0 Å². The molecule has 4 N–H and O–H groups in total. The predicted molar refractivity (Wildman–Crippen MR) is 82.3 cm³/mol. The highest BCUT2D eigenvalue weighted by Gasteiger charge is 2.11. The summed E-state index contributed by atoms with van der Waals surface area (Å²) < 4.78 is 13.6. The first-order valence-corrected chi connectivity index (χ1v) is 6.58. The summed E-state index contributed by atoms with van der Waals surface area (Å²) in [5.41, 5.74) is 0.172. The second-order valence-corrected chi connectivity index (χ2v) is 4.68. The molecule has 0 spiro atoms. The van der Waals surface area contributed by atoms with E-state index in [1.54, 1.807) is 30.3 Å². The summed E-state index contributed by atoms with van der Waals surface area (Å²) in [6.07, 6.45) is 0. The summed E-state index contributed by atoms with van der Waals surface area (Å²) in [6.45, 7) is 0. The summed E-state index contributed by atoms with van der Waals surface area (Å²) in [4.78, 5) is 11.9. The molecule has 2 aromatic rings. The van der Waals surface area contributed by atoms with E-state index in [4.69, 9.17) is 17.4 Å². The highest BCUT2D eigenvalue weighted by atomic mass is 32.1. The van der Waals surface area contributed by atoms with Crippen LogP contribution in [-0.2, 0) is 0 Å². The molecule has 0 saturated carbocycles. The van der Waals surface area contributed by atoms with Gasteiger partial charge in [0.25, 0.3) is 5.91 Å². The normalized spacial score (nSPS) is 11.6. The van der Waals surface area contributed by atoms with Crippen LogP contribution in [-0.4, -0.2) is 16.2 Å². The smallest absolute Gasteiger partial charge is 0.257 e. The van der Waals surface area contributed by atoms with Crippen molar-refractivity contribution in [2.24, 2.45) is 0 Å². The van der Waals surface area contributed by atoms with Gasteiger partial charge >= 0.3 is 0 Å². The van der Waals surface area contributed by atoms with Gasteiger partial charge in [0.15, 0.2) is 10.8 Å². The first-order valence-electron chi connectivity index (χ1n) is 6.17. The van der Waals surface area contributed by atoms with Crippen molar-refractivity contribution >= 4 is 34.6 Å². The molecule has 0 aliphatic carbocycles. The van der Waals surface area contributed by atoms with E-state index in [9.17, 15) is 14.4 Å². The monoisotopic (exact) mass is 321 g/mol. The Morgan fingerprint density at radius 1 is 1.23 bits per heavy atom. The summed E-state index contributed by atoms with van der Waals surface area (Å²) in [6, 6.07) is 11.6. The minimum atomic E-state index is -1.19. The lowest BCUT2D eigenvalue weighted by atomic mass is 10.2. The van der Waals surface area contributed by atoms with Gasteiger partial charge in [0, 0.05) is 17.7 Å². The van der Waals surface area contributed by atoms with E-state index in [-0.39, 0.29) is 16.5 Å². The third kappa shape index (κ3) is 4.06. The number of amides is 1. The van der Waals surface area contributed by atoms with Crippen molar-refractivity contribution in [3.8, 4) is 0 Å². The predicted octanol–water partition coefficient (Wildman–Crippen LogP) is 1.36. The maximum atomic E-state index is 13.6. The van der Waals surface area contributed by atoms with Crippen molar-refractivity contribution in [1.29, 1.82) is 0 Å². The molecule has 2 aromatic carbocycles. The van der Waals surface area contributed by atoms with Crippen LogP contribution >= 0.6 is 12.2 Å². The zero-order valence-electron chi connectivity index (χ0n) is 11.2. The molecule has 22 heavy (non-hydrogen) atoms. The van der Waals surface area contributed by atoms with Crippen LogP contribution in [0.15, 0.2) is 48.5 Å². The van der Waals surface area contributed by atoms with Gasteiger partial charge in [-0.15, -0.1) is 0 Å². The molecule has 8 heteroatoms. The van der Waals surface area contributed by atoms with Gasteiger partial charge in [-0.2, -0.15) is 5.23 Å². The standard InChI is InChI=1S/C14H12FN3O3S/c15-11-7-6-10(18(20)21)8-12(11)16-14(22)17-13(19)9-4-2-1-3-5-9/h1-8,18,20H,(H2,16,17,19,22). The van der Waals surface area contributed by atoms with Crippen LogP contribution in [0.25, 0.3) is 0 Å². The number of carbonyl (C=O) groups is 1. The van der Waals surface area contributed by atoms with Crippen LogP contribution in [0.1, 0.15) is 10.4 Å². The number of benzene rings is 2. The molecular weight excluding hydrogens is 309 g/mol. The second kappa shape index (κ2) is 7.05. The van der Waals surface area contributed by atoms with Gasteiger partial charge in [0.05, 0.1) is 5.69 Å². The van der Waals surface area contributed by atoms with E-state index >= 15 is 0 Å². The number of rotatable bonds is 3. The van der Waals surface area contributed by atoms with Crippen LogP contribution < -0.4 is 15.9 Å². The molecule has 6 nitrogen and oxygen atoms in total. The lowest BCUT2D eigenvalue weighted by molar-refractivity contribution is -0.991. The van der Waals surface area contributed by atoms with Crippen molar-refractivity contribution in [2.75, 3.05) is 5.32 Å². The van der Waals surface area contributed by atoms with Crippen molar-refractivity contribution < 1.29 is 19.6 Å². The number of thiocarbonyl (C=S) groups is 1. The second-order valence-electron chi connectivity index (χ2n) is 4.27. The fourth-order valence-electron chi connectivity index (χ4n) is 1.67. The highest BCUT2D eigenvalue weighted by Crippen LogP contribution is 2.17. The molecule has 2 rings (SSSR count). The van der Waals surface area contributed by atoms with Gasteiger partial charge in [-0.3, -0.25) is 10.1 Å². The van der Waals surface area contributed by atoms with E-state index in [0.29, 0.717) is 5.56 Å². The fourth-order valence-corrected chi connectivity index (χ4v) is 1.88. The minimum absolute atomic E-state index is 0.0962. The van der Waals surface area contributed by atoms with E-state index in [1.807, 2.05) is 0 Å². The molecule has 1 atom stereocenters. The number of carbonyl (C=O) groups excluding carboxylic acids is 1. The Kier molecular flexibility index (Phi) is 5.12. The molecule has 0 aliphatic heterocycles. The molecule has 0 bridgehead atoms. The Morgan fingerprint density at radius 2 is 1.91 bits per heavy atom. The van der Waals surface area contributed by atoms with E-state index in [1.165, 1.54) is 0 Å². The van der Waals surface area contributed by atoms with Crippen LogP contribution in [0.4, 0.5) is 15.8 Å². The number of anilines is 1. The van der Waals surface area contributed by atoms with Crippen molar-refractivity contribution in [2.45, 2.75) is 0 Å². The molecule has 0 heterocycles. The summed E-state index contributed by atoms with van der Waals surface area (Å²) in [5, 5.41) is 23.3. The quantitative estimate of drug-likeness (QED) is 0.506. The molecule has 0 saturated heterocycles. The number of quaternary nitrogens is 1. The van der Waals surface area contributed by atoms with Crippen LogP contribution in [0, 0.1) is 11.0 Å². The maximum Gasteiger partial charge on any atom is 0.257 e. The van der Waals surface area contributed by atoms with Crippen LogP contribution in [0.2, 0.25) is 0 Å². The van der Waals surface area contributed by atoms with Crippen molar-refractivity contribution in [3.05, 3.63) is 65.1 Å². The van der Waals surface area contributed by atoms with Crippen molar-refractivity contribution in [1.82, 2.24) is 5.32 Å². The highest BCUT2D eigenvalue weighted by molar-refractivity contribution is 7.80. The van der Waals surface area contributed by atoms with E-state index in [2.05, 4.69) is 10.6 Å². The van der Waals surface area contributed by atoms with Gasteiger partial charge in [0.2, 0.25) is 0 Å².